The Balaban J connectivity index is 2.32. The quantitative estimate of drug-likeness (QED) is 0.924. The van der Waals surface area contributed by atoms with E-state index in [1.807, 2.05) is 6.07 Å². The van der Waals surface area contributed by atoms with Crippen LogP contribution in [0.1, 0.15) is 25.7 Å². The van der Waals surface area contributed by atoms with E-state index in [1.165, 1.54) is 0 Å². The first kappa shape index (κ1) is 13.9. The minimum atomic E-state index is -4.03. The lowest BCUT2D eigenvalue weighted by molar-refractivity contribution is 0.482. The monoisotopic (exact) mass is 286 g/mol. The lowest BCUT2D eigenvalue weighted by atomic mass is 10.0. The van der Waals surface area contributed by atoms with Crippen molar-refractivity contribution < 1.29 is 17.2 Å². The molecule has 4 nitrogen and oxygen atoms in total. The molecule has 0 unspecified atom stereocenters. The van der Waals surface area contributed by atoms with Gasteiger partial charge in [-0.2, -0.15) is 9.98 Å². The van der Waals surface area contributed by atoms with Crippen LogP contribution in [0.5, 0.6) is 0 Å². The molecule has 2 rings (SSSR count). The van der Waals surface area contributed by atoms with Crippen molar-refractivity contribution in [2.45, 2.75) is 36.1 Å². The Hall–Kier alpha value is -1.52. The van der Waals surface area contributed by atoms with E-state index >= 15 is 0 Å². The van der Waals surface area contributed by atoms with Crippen molar-refractivity contribution in [3.8, 4) is 6.07 Å². The molecule has 1 aliphatic carbocycles. The summed E-state index contributed by atoms with van der Waals surface area (Å²) in [5.74, 6) is -2.35. The Morgan fingerprint density at radius 1 is 1.21 bits per heavy atom. The van der Waals surface area contributed by atoms with Crippen molar-refractivity contribution in [1.29, 1.82) is 5.26 Å². The first-order valence-electron chi connectivity index (χ1n) is 5.79. The molecule has 1 fully saturated rings. The number of nitrogens with one attached hydrogen (secondary N) is 1. The number of nitriles is 1. The SMILES string of the molecule is N#CC1(NS(=O)(=O)c2ccc(F)c(F)c2)CCCC1. The minimum absolute atomic E-state index is 0.382. The van der Waals surface area contributed by atoms with E-state index in [9.17, 15) is 17.2 Å². The van der Waals surface area contributed by atoms with E-state index in [0.717, 1.165) is 25.0 Å². The van der Waals surface area contributed by atoms with Gasteiger partial charge in [0.1, 0.15) is 5.54 Å². The van der Waals surface area contributed by atoms with Crippen LogP contribution in [0.15, 0.2) is 23.1 Å². The molecule has 0 saturated heterocycles. The van der Waals surface area contributed by atoms with E-state index in [0.29, 0.717) is 18.9 Å². The molecule has 1 aromatic carbocycles. The number of rotatable bonds is 3. The van der Waals surface area contributed by atoms with E-state index in [4.69, 9.17) is 5.26 Å². The molecule has 0 spiro atoms. The van der Waals surface area contributed by atoms with Crippen LogP contribution < -0.4 is 4.72 Å². The van der Waals surface area contributed by atoms with Gasteiger partial charge in [-0.3, -0.25) is 0 Å². The van der Waals surface area contributed by atoms with Gasteiger partial charge in [0.15, 0.2) is 11.6 Å². The third-order valence-corrected chi connectivity index (χ3v) is 4.74. The zero-order valence-corrected chi connectivity index (χ0v) is 10.8. The molecule has 1 N–H and O–H groups in total. The Labute approximate surface area is 110 Å². The van der Waals surface area contributed by atoms with Gasteiger partial charge in [-0.1, -0.05) is 12.8 Å². The van der Waals surface area contributed by atoms with Crippen LogP contribution in [0.25, 0.3) is 0 Å². The maximum absolute atomic E-state index is 13.1. The molecule has 1 aromatic rings. The van der Waals surface area contributed by atoms with E-state index < -0.39 is 27.2 Å². The molecular weight excluding hydrogens is 274 g/mol. The second-order valence-electron chi connectivity index (χ2n) is 4.58. The summed E-state index contributed by atoms with van der Waals surface area (Å²) in [5.41, 5.74) is -1.14. The minimum Gasteiger partial charge on any atom is -0.207 e. The zero-order chi connectivity index (χ0) is 14.1. The van der Waals surface area contributed by atoms with Gasteiger partial charge in [0.25, 0.3) is 0 Å². The maximum atomic E-state index is 13.1. The van der Waals surface area contributed by atoms with Gasteiger partial charge in [-0.25, -0.2) is 17.2 Å². The predicted octanol–water partition coefficient (Wildman–Crippen LogP) is 2.08. The first-order valence-corrected chi connectivity index (χ1v) is 7.27. The highest BCUT2D eigenvalue weighted by molar-refractivity contribution is 7.89. The molecule has 1 aliphatic rings. The molecule has 1 saturated carbocycles. The molecule has 0 amide bonds. The fourth-order valence-electron chi connectivity index (χ4n) is 2.18. The van der Waals surface area contributed by atoms with Crippen molar-refractivity contribution in [1.82, 2.24) is 4.72 Å². The highest BCUT2D eigenvalue weighted by atomic mass is 32.2. The Kier molecular flexibility index (Phi) is 3.56. The summed E-state index contributed by atoms with van der Waals surface area (Å²) in [6.45, 7) is 0. The lowest BCUT2D eigenvalue weighted by Gasteiger charge is -2.21. The summed E-state index contributed by atoms with van der Waals surface area (Å²) in [6, 6.07) is 4.30. The van der Waals surface area contributed by atoms with Gasteiger partial charge >= 0.3 is 0 Å². The van der Waals surface area contributed by atoms with E-state index in [1.54, 1.807) is 0 Å². The second-order valence-corrected chi connectivity index (χ2v) is 6.26. The van der Waals surface area contributed by atoms with E-state index in [2.05, 4.69) is 4.72 Å². The van der Waals surface area contributed by atoms with Crippen LogP contribution in [0.3, 0.4) is 0 Å². The highest BCUT2D eigenvalue weighted by Crippen LogP contribution is 2.30. The third-order valence-electron chi connectivity index (χ3n) is 3.20. The smallest absolute Gasteiger partial charge is 0.207 e. The Bertz CT molecular complexity index is 632. The van der Waals surface area contributed by atoms with Crippen LogP contribution in [0.2, 0.25) is 0 Å². The number of hydrogen-bond acceptors (Lipinski definition) is 3. The van der Waals surface area contributed by atoms with Crippen molar-refractivity contribution in [3.05, 3.63) is 29.8 Å². The molecule has 0 radical (unpaired) electrons. The molecule has 0 heterocycles. The molecule has 0 atom stereocenters. The average Bonchev–Trinajstić information content (AvgIpc) is 2.81. The molecule has 102 valence electrons. The normalized spacial score (nSPS) is 18.2. The van der Waals surface area contributed by atoms with Gasteiger partial charge in [-0.15, -0.1) is 0 Å². The topological polar surface area (TPSA) is 70.0 Å². The third kappa shape index (κ3) is 2.74. The predicted molar refractivity (Wildman–Crippen MR) is 63.5 cm³/mol. The summed E-state index contributed by atoms with van der Waals surface area (Å²) in [4.78, 5) is -0.382. The molecule has 0 aromatic heterocycles. The fourth-order valence-corrected chi connectivity index (χ4v) is 3.56. The van der Waals surface area contributed by atoms with Crippen molar-refractivity contribution >= 4 is 10.0 Å². The van der Waals surface area contributed by atoms with Gasteiger partial charge < -0.3 is 0 Å². The van der Waals surface area contributed by atoms with Crippen LogP contribution in [-0.2, 0) is 10.0 Å². The second kappa shape index (κ2) is 4.87. The Morgan fingerprint density at radius 3 is 2.37 bits per heavy atom. The highest BCUT2D eigenvalue weighted by Gasteiger charge is 2.38. The summed E-state index contributed by atoms with van der Waals surface area (Å²) in [7, 11) is -4.03. The standard InChI is InChI=1S/C12H12F2N2O2S/c13-10-4-3-9(7-11(10)14)19(17,18)16-12(8-15)5-1-2-6-12/h3-4,7,16H,1-2,5-6H2. The number of benzene rings is 1. The lowest BCUT2D eigenvalue weighted by Crippen LogP contribution is -2.44. The Morgan fingerprint density at radius 2 is 1.84 bits per heavy atom. The number of hydrogen-bond donors (Lipinski definition) is 1. The van der Waals surface area contributed by atoms with Crippen LogP contribution in [0.4, 0.5) is 8.78 Å². The van der Waals surface area contributed by atoms with Crippen molar-refractivity contribution in [2.75, 3.05) is 0 Å². The summed E-state index contributed by atoms with van der Waals surface area (Å²) >= 11 is 0. The largest absolute Gasteiger partial charge is 0.242 e. The van der Waals surface area contributed by atoms with Crippen LogP contribution >= 0.6 is 0 Å². The van der Waals surface area contributed by atoms with Gasteiger partial charge in [0, 0.05) is 0 Å². The van der Waals surface area contributed by atoms with Crippen LogP contribution in [-0.4, -0.2) is 14.0 Å². The summed E-state index contributed by atoms with van der Waals surface area (Å²) < 4.78 is 52.3. The number of halogens is 2. The average molecular weight is 286 g/mol. The first-order chi connectivity index (χ1) is 8.88. The van der Waals surface area contributed by atoms with Gasteiger partial charge in [-0.05, 0) is 31.0 Å². The molecular formula is C12H12F2N2O2S. The molecule has 19 heavy (non-hydrogen) atoms. The molecule has 0 bridgehead atoms. The zero-order valence-electron chi connectivity index (χ0n) is 9.99. The number of sulfonamides is 1. The van der Waals surface area contributed by atoms with Gasteiger partial charge in [0.2, 0.25) is 10.0 Å². The fraction of sp³-hybridized carbons (Fsp3) is 0.417. The van der Waals surface area contributed by atoms with Crippen molar-refractivity contribution in [3.63, 3.8) is 0 Å². The summed E-state index contributed by atoms with van der Waals surface area (Å²) in [5, 5.41) is 9.11. The summed E-state index contributed by atoms with van der Waals surface area (Å²) in [6.07, 6.45) is 2.36. The van der Waals surface area contributed by atoms with Crippen LogP contribution in [0, 0.1) is 23.0 Å². The molecule has 0 aliphatic heterocycles. The van der Waals surface area contributed by atoms with E-state index in [-0.39, 0.29) is 4.90 Å². The number of nitrogens with zero attached hydrogens (tertiary/aromatic N) is 1. The maximum Gasteiger partial charge on any atom is 0.242 e. The molecule has 7 heteroatoms. The van der Waals surface area contributed by atoms with Gasteiger partial charge in [0.05, 0.1) is 11.0 Å². The van der Waals surface area contributed by atoms with Crippen molar-refractivity contribution in [2.24, 2.45) is 0 Å².